The van der Waals surface area contributed by atoms with E-state index in [2.05, 4.69) is 20.9 Å². The van der Waals surface area contributed by atoms with Crippen molar-refractivity contribution in [3.63, 3.8) is 0 Å². The molecule has 5 N–H and O–H groups in total. The monoisotopic (exact) mass is 412 g/mol. The first-order valence-corrected chi connectivity index (χ1v) is 8.68. The Balaban J connectivity index is 1.74. The summed E-state index contributed by atoms with van der Waals surface area (Å²) in [4.78, 5) is 51.0. The van der Waals surface area contributed by atoms with Crippen LogP contribution < -0.4 is 21.7 Å². The molecule has 0 saturated heterocycles. The highest BCUT2D eigenvalue weighted by atomic mass is 16.2. The molecule has 0 atom stereocenters. The Morgan fingerprint density at radius 2 is 1.47 bits per heavy atom. The fourth-order valence-electron chi connectivity index (χ4n) is 2.93. The molecule has 3 aromatic rings. The number of carbonyl (C=O) groups excluding carboxylic acids is 4. The van der Waals surface area contributed by atoms with Crippen molar-refractivity contribution in [1.82, 2.24) is 18.7 Å². The number of aromatic nitrogens is 4. The molecule has 0 aromatic carbocycles. The predicted octanol–water partition coefficient (Wildman–Crippen LogP) is 0.269. The lowest BCUT2D eigenvalue weighted by Gasteiger charge is -2.03. The standard InChI is InChI=1S/C18H20N8O4/c1-24-6-10(4-12(24)15(19)28)21-17(29)13-5-11(7-25(13)2)22-18(30)16-23-14(20-9-27)8-26(16)3/h4-9H,1-3H3,(H2,19,28)(H,20,27)(H,21,29)(H,22,30). The maximum Gasteiger partial charge on any atom is 0.291 e. The van der Waals surface area contributed by atoms with Gasteiger partial charge in [0.2, 0.25) is 12.2 Å². The molecule has 0 bridgehead atoms. The van der Waals surface area contributed by atoms with Crippen LogP contribution in [-0.4, -0.2) is 42.8 Å². The van der Waals surface area contributed by atoms with Crippen molar-refractivity contribution in [3.05, 3.63) is 47.9 Å². The Bertz CT molecular complexity index is 1150. The number of rotatable bonds is 7. The summed E-state index contributed by atoms with van der Waals surface area (Å²) < 4.78 is 4.51. The molecular weight excluding hydrogens is 392 g/mol. The van der Waals surface area contributed by atoms with Gasteiger partial charge in [-0.1, -0.05) is 0 Å². The van der Waals surface area contributed by atoms with Gasteiger partial charge in [-0.15, -0.1) is 0 Å². The first-order chi connectivity index (χ1) is 14.2. The Kier molecular flexibility index (Phi) is 5.40. The molecule has 12 nitrogen and oxygen atoms in total. The summed E-state index contributed by atoms with van der Waals surface area (Å²) in [6.45, 7) is 0. The number of nitrogens with zero attached hydrogens (tertiary/aromatic N) is 4. The molecule has 0 aliphatic carbocycles. The molecule has 12 heteroatoms. The van der Waals surface area contributed by atoms with E-state index in [1.807, 2.05) is 0 Å². The number of imidazole rings is 1. The van der Waals surface area contributed by atoms with E-state index in [1.165, 1.54) is 27.5 Å². The minimum absolute atomic E-state index is 0.0810. The average Bonchev–Trinajstić information content (AvgIpc) is 3.32. The number of aryl methyl sites for hydroxylation is 3. The van der Waals surface area contributed by atoms with Gasteiger partial charge >= 0.3 is 0 Å². The van der Waals surface area contributed by atoms with Gasteiger partial charge < -0.3 is 35.4 Å². The van der Waals surface area contributed by atoms with Crippen molar-refractivity contribution in [2.24, 2.45) is 26.9 Å². The Morgan fingerprint density at radius 1 is 0.900 bits per heavy atom. The summed E-state index contributed by atoms with van der Waals surface area (Å²) in [6.07, 6.45) is 5.09. The topological polar surface area (TPSA) is 158 Å². The first-order valence-electron chi connectivity index (χ1n) is 8.68. The van der Waals surface area contributed by atoms with Gasteiger partial charge in [-0.25, -0.2) is 4.98 Å². The van der Waals surface area contributed by atoms with Gasteiger partial charge in [0.25, 0.3) is 17.7 Å². The van der Waals surface area contributed by atoms with E-state index in [4.69, 9.17) is 5.73 Å². The third kappa shape index (κ3) is 4.06. The molecular formula is C18H20N8O4. The number of nitrogens with one attached hydrogen (secondary N) is 3. The molecule has 3 heterocycles. The highest BCUT2D eigenvalue weighted by Crippen LogP contribution is 2.18. The number of hydrogen-bond acceptors (Lipinski definition) is 5. The molecule has 4 amide bonds. The highest BCUT2D eigenvalue weighted by molar-refractivity contribution is 6.06. The van der Waals surface area contributed by atoms with Crippen LogP contribution in [-0.2, 0) is 25.9 Å². The smallest absolute Gasteiger partial charge is 0.291 e. The van der Waals surface area contributed by atoms with E-state index in [9.17, 15) is 19.2 Å². The van der Waals surface area contributed by atoms with Crippen LogP contribution in [0.3, 0.4) is 0 Å². The maximum atomic E-state index is 12.6. The zero-order chi connectivity index (χ0) is 22.0. The lowest BCUT2D eigenvalue weighted by Crippen LogP contribution is -2.16. The number of nitrogens with two attached hydrogens (primary N) is 1. The second kappa shape index (κ2) is 7.95. The van der Waals surface area contributed by atoms with E-state index in [0.717, 1.165) is 0 Å². The van der Waals surface area contributed by atoms with Crippen molar-refractivity contribution in [3.8, 4) is 0 Å². The van der Waals surface area contributed by atoms with E-state index >= 15 is 0 Å². The van der Waals surface area contributed by atoms with Gasteiger partial charge in [0.1, 0.15) is 11.4 Å². The normalized spacial score (nSPS) is 10.5. The van der Waals surface area contributed by atoms with Crippen molar-refractivity contribution < 1.29 is 19.2 Å². The van der Waals surface area contributed by atoms with Crippen molar-refractivity contribution in [2.75, 3.05) is 16.0 Å². The maximum absolute atomic E-state index is 12.6. The molecule has 3 rings (SSSR count). The zero-order valence-corrected chi connectivity index (χ0v) is 16.5. The van der Waals surface area contributed by atoms with E-state index in [1.54, 1.807) is 38.1 Å². The fraction of sp³-hybridized carbons (Fsp3) is 0.167. The zero-order valence-electron chi connectivity index (χ0n) is 16.5. The first kappa shape index (κ1) is 20.4. The fourth-order valence-corrected chi connectivity index (χ4v) is 2.93. The molecule has 0 fully saturated rings. The number of hydrogen-bond donors (Lipinski definition) is 4. The van der Waals surface area contributed by atoms with Crippen molar-refractivity contribution in [2.45, 2.75) is 0 Å². The van der Waals surface area contributed by atoms with Crippen molar-refractivity contribution in [1.29, 1.82) is 0 Å². The predicted molar refractivity (Wildman–Crippen MR) is 108 cm³/mol. The Hall–Kier alpha value is -4.35. The summed E-state index contributed by atoms with van der Waals surface area (Å²) in [5.41, 5.74) is 6.59. The largest absolute Gasteiger partial charge is 0.364 e. The molecule has 0 radical (unpaired) electrons. The number of primary amides is 1. The van der Waals surface area contributed by atoms with Crippen LogP contribution in [0.4, 0.5) is 17.2 Å². The second-order valence-corrected chi connectivity index (χ2v) is 6.55. The second-order valence-electron chi connectivity index (χ2n) is 6.55. The molecule has 0 spiro atoms. The lowest BCUT2D eigenvalue weighted by molar-refractivity contribution is -0.105. The third-order valence-electron chi connectivity index (χ3n) is 4.30. The van der Waals surface area contributed by atoms with Crippen LogP contribution in [0.25, 0.3) is 0 Å². The average molecular weight is 412 g/mol. The summed E-state index contributed by atoms with van der Waals surface area (Å²) >= 11 is 0. The van der Waals surface area contributed by atoms with E-state index < -0.39 is 17.7 Å². The van der Waals surface area contributed by atoms with Crippen LogP contribution in [0.5, 0.6) is 0 Å². The summed E-state index contributed by atoms with van der Waals surface area (Å²) in [5.74, 6) is -1.23. The van der Waals surface area contributed by atoms with Gasteiger partial charge in [0.15, 0.2) is 5.82 Å². The number of amides is 4. The summed E-state index contributed by atoms with van der Waals surface area (Å²) in [7, 11) is 4.90. The minimum atomic E-state index is -0.609. The quantitative estimate of drug-likeness (QED) is 0.410. The molecule has 30 heavy (non-hydrogen) atoms. The van der Waals surface area contributed by atoms with Crippen LogP contribution >= 0.6 is 0 Å². The van der Waals surface area contributed by atoms with E-state index in [-0.39, 0.29) is 23.0 Å². The van der Waals surface area contributed by atoms with Gasteiger partial charge in [0, 0.05) is 39.7 Å². The van der Waals surface area contributed by atoms with Crippen LogP contribution in [0, 0.1) is 0 Å². The molecule has 0 aliphatic heterocycles. The molecule has 0 unspecified atom stereocenters. The van der Waals surface area contributed by atoms with Crippen LogP contribution in [0.1, 0.15) is 31.6 Å². The van der Waals surface area contributed by atoms with E-state index in [0.29, 0.717) is 17.8 Å². The number of carbonyl (C=O) groups is 4. The molecule has 156 valence electrons. The van der Waals surface area contributed by atoms with Crippen LogP contribution in [0.2, 0.25) is 0 Å². The number of anilines is 3. The minimum Gasteiger partial charge on any atom is -0.364 e. The third-order valence-corrected chi connectivity index (χ3v) is 4.30. The van der Waals surface area contributed by atoms with Gasteiger partial charge in [0.05, 0.1) is 11.4 Å². The van der Waals surface area contributed by atoms with Crippen molar-refractivity contribution >= 4 is 41.3 Å². The Morgan fingerprint density at radius 3 is 2.03 bits per heavy atom. The molecule has 0 saturated carbocycles. The summed E-state index contributed by atoms with van der Waals surface area (Å²) in [6, 6.07) is 2.97. The highest BCUT2D eigenvalue weighted by Gasteiger charge is 2.18. The van der Waals surface area contributed by atoms with Gasteiger partial charge in [-0.3, -0.25) is 19.2 Å². The lowest BCUT2D eigenvalue weighted by atomic mass is 10.3. The summed E-state index contributed by atoms with van der Waals surface area (Å²) in [5, 5.41) is 7.71. The Labute approximate surface area is 170 Å². The van der Waals surface area contributed by atoms with Gasteiger partial charge in [-0.2, -0.15) is 0 Å². The molecule has 0 aliphatic rings. The van der Waals surface area contributed by atoms with Crippen LogP contribution in [0.15, 0.2) is 30.7 Å². The van der Waals surface area contributed by atoms with Gasteiger partial charge in [-0.05, 0) is 12.1 Å². The molecule has 3 aromatic heterocycles. The SMILES string of the molecule is Cn1cc(NC(=O)c2cc(NC(=O)c3nc(NC=O)cn3C)cn2C)cc1C(N)=O.